The van der Waals surface area contributed by atoms with Gasteiger partial charge in [-0.05, 0) is 35.9 Å². The quantitative estimate of drug-likeness (QED) is 0.934. The van der Waals surface area contributed by atoms with Gasteiger partial charge in [-0.25, -0.2) is 4.98 Å². The van der Waals surface area contributed by atoms with Crippen LogP contribution in [0.2, 0.25) is 0 Å². The third kappa shape index (κ3) is 3.51. The summed E-state index contributed by atoms with van der Waals surface area (Å²) in [6.07, 6.45) is 1.61. The lowest BCUT2D eigenvalue weighted by Gasteiger charge is -2.28. The van der Waals surface area contributed by atoms with Crippen molar-refractivity contribution in [1.29, 1.82) is 0 Å². The van der Waals surface area contributed by atoms with Crippen LogP contribution in [0.5, 0.6) is 11.6 Å². The minimum Gasteiger partial charge on any atom is -0.439 e. The summed E-state index contributed by atoms with van der Waals surface area (Å²) in [7, 11) is 0. The predicted octanol–water partition coefficient (Wildman–Crippen LogP) is 2.20. The van der Waals surface area contributed by atoms with Crippen molar-refractivity contribution in [2.45, 2.75) is 6.61 Å². The molecule has 0 aliphatic carbocycles. The Balaban J connectivity index is 1.65. The van der Waals surface area contributed by atoms with Crippen molar-refractivity contribution in [2.75, 3.05) is 31.2 Å². The van der Waals surface area contributed by atoms with Crippen molar-refractivity contribution in [3.8, 4) is 11.6 Å². The second kappa shape index (κ2) is 6.56. The van der Waals surface area contributed by atoms with E-state index in [0.29, 0.717) is 5.88 Å². The largest absolute Gasteiger partial charge is 0.439 e. The third-order valence-electron chi connectivity index (χ3n) is 3.42. The highest BCUT2D eigenvalue weighted by Gasteiger charge is 2.11. The normalized spacial score (nSPS) is 15.0. The molecular weight excluding hydrogens is 268 g/mol. The molecule has 0 bridgehead atoms. The van der Waals surface area contributed by atoms with Gasteiger partial charge in [-0.15, -0.1) is 0 Å². The van der Waals surface area contributed by atoms with Gasteiger partial charge in [0.25, 0.3) is 0 Å². The Morgan fingerprint density at radius 3 is 2.48 bits per heavy atom. The Bertz CT molecular complexity index is 563. The molecule has 3 rings (SSSR count). The Kier molecular flexibility index (Phi) is 4.33. The number of aliphatic hydroxyl groups is 1. The number of benzene rings is 1. The number of nitrogens with zero attached hydrogens (tertiary/aromatic N) is 2. The monoisotopic (exact) mass is 286 g/mol. The third-order valence-corrected chi connectivity index (χ3v) is 3.42. The molecule has 1 aliphatic heterocycles. The zero-order chi connectivity index (χ0) is 14.5. The van der Waals surface area contributed by atoms with E-state index in [9.17, 15) is 0 Å². The van der Waals surface area contributed by atoms with E-state index in [1.54, 1.807) is 18.3 Å². The van der Waals surface area contributed by atoms with Gasteiger partial charge < -0.3 is 19.5 Å². The molecule has 0 unspecified atom stereocenters. The van der Waals surface area contributed by atoms with E-state index in [4.69, 9.17) is 14.6 Å². The van der Waals surface area contributed by atoms with Crippen LogP contribution in [0.1, 0.15) is 5.56 Å². The fourth-order valence-electron chi connectivity index (χ4n) is 2.23. The van der Waals surface area contributed by atoms with Gasteiger partial charge in [0.2, 0.25) is 5.88 Å². The standard InChI is InChI=1S/C16H18N2O3/c19-12-13-1-6-16(17-11-13)21-15-4-2-14(3-5-15)18-7-9-20-10-8-18/h1-6,11,19H,7-10,12H2. The van der Waals surface area contributed by atoms with Gasteiger partial charge in [0.15, 0.2) is 0 Å². The maximum Gasteiger partial charge on any atom is 0.219 e. The molecule has 2 heterocycles. The van der Waals surface area contributed by atoms with E-state index >= 15 is 0 Å². The van der Waals surface area contributed by atoms with Crippen LogP contribution in [-0.4, -0.2) is 36.4 Å². The van der Waals surface area contributed by atoms with E-state index in [0.717, 1.165) is 37.6 Å². The van der Waals surface area contributed by atoms with Crippen LogP contribution in [0.3, 0.4) is 0 Å². The zero-order valence-corrected chi connectivity index (χ0v) is 11.7. The minimum atomic E-state index is -0.0124. The summed E-state index contributed by atoms with van der Waals surface area (Å²) in [5.74, 6) is 1.27. The Labute approximate surface area is 123 Å². The number of anilines is 1. The highest BCUT2D eigenvalue weighted by atomic mass is 16.5. The molecule has 1 N–H and O–H groups in total. The number of aromatic nitrogens is 1. The van der Waals surface area contributed by atoms with Crippen LogP contribution >= 0.6 is 0 Å². The van der Waals surface area contributed by atoms with Crippen molar-refractivity contribution in [1.82, 2.24) is 4.98 Å². The fraction of sp³-hybridized carbons (Fsp3) is 0.312. The van der Waals surface area contributed by atoms with Crippen molar-refractivity contribution in [3.05, 3.63) is 48.2 Å². The van der Waals surface area contributed by atoms with Crippen LogP contribution < -0.4 is 9.64 Å². The van der Waals surface area contributed by atoms with E-state index in [1.807, 2.05) is 24.3 Å². The Morgan fingerprint density at radius 1 is 1.10 bits per heavy atom. The first-order chi connectivity index (χ1) is 10.3. The summed E-state index contributed by atoms with van der Waals surface area (Å²) in [5.41, 5.74) is 1.94. The molecular formula is C16H18N2O3. The van der Waals surface area contributed by atoms with E-state index in [1.165, 1.54) is 5.69 Å². The number of morpholine rings is 1. The van der Waals surface area contributed by atoms with Gasteiger partial charge in [-0.3, -0.25) is 0 Å². The molecule has 5 heteroatoms. The molecule has 1 aliphatic rings. The number of aliphatic hydroxyl groups excluding tert-OH is 1. The molecule has 1 saturated heterocycles. The lowest BCUT2D eigenvalue weighted by Crippen LogP contribution is -2.36. The molecule has 1 fully saturated rings. The summed E-state index contributed by atoms with van der Waals surface area (Å²) < 4.78 is 11.0. The second-order valence-electron chi connectivity index (χ2n) is 4.86. The SMILES string of the molecule is OCc1ccc(Oc2ccc(N3CCOCC3)cc2)nc1. The smallest absolute Gasteiger partial charge is 0.219 e. The summed E-state index contributed by atoms with van der Waals surface area (Å²) in [4.78, 5) is 6.44. The number of pyridine rings is 1. The number of hydrogen-bond donors (Lipinski definition) is 1. The number of ether oxygens (including phenoxy) is 2. The summed E-state index contributed by atoms with van der Waals surface area (Å²) >= 11 is 0. The molecule has 0 radical (unpaired) electrons. The van der Waals surface area contributed by atoms with E-state index in [-0.39, 0.29) is 6.61 Å². The molecule has 21 heavy (non-hydrogen) atoms. The van der Waals surface area contributed by atoms with Gasteiger partial charge in [-0.1, -0.05) is 0 Å². The van der Waals surface area contributed by atoms with Crippen LogP contribution in [0, 0.1) is 0 Å². The van der Waals surface area contributed by atoms with Crippen molar-refractivity contribution >= 4 is 5.69 Å². The van der Waals surface area contributed by atoms with Crippen LogP contribution in [0.4, 0.5) is 5.69 Å². The fourth-order valence-corrected chi connectivity index (χ4v) is 2.23. The zero-order valence-electron chi connectivity index (χ0n) is 11.7. The van der Waals surface area contributed by atoms with Gasteiger partial charge in [-0.2, -0.15) is 0 Å². The summed E-state index contributed by atoms with van der Waals surface area (Å²) in [6.45, 7) is 3.38. The second-order valence-corrected chi connectivity index (χ2v) is 4.86. The summed E-state index contributed by atoms with van der Waals surface area (Å²) in [6, 6.07) is 11.5. The van der Waals surface area contributed by atoms with E-state index in [2.05, 4.69) is 9.88 Å². The number of hydrogen-bond acceptors (Lipinski definition) is 5. The molecule has 1 aromatic carbocycles. The minimum absolute atomic E-state index is 0.0124. The Morgan fingerprint density at radius 2 is 1.86 bits per heavy atom. The molecule has 0 atom stereocenters. The summed E-state index contributed by atoms with van der Waals surface area (Å²) in [5, 5.41) is 8.98. The first-order valence-electron chi connectivity index (χ1n) is 7.01. The van der Waals surface area contributed by atoms with Crippen molar-refractivity contribution < 1.29 is 14.6 Å². The van der Waals surface area contributed by atoms with E-state index < -0.39 is 0 Å². The number of rotatable bonds is 4. The first-order valence-corrected chi connectivity index (χ1v) is 7.01. The maximum absolute atomic E-state index is 8.98. The Hall–Kier alpha value is -2.11. The molecule has 0 saturated carbocycles. The topological polar surface area (TPSA) is 54.8 Å². The molecule has 0 amide bonds. The van der Waals surface area contributed by atoms with Gasteiger partial charge in [0.05, 0.1) is 19.8 Å². The van der Waals surface area contributed by atoms with Gasteiger partial charge >= 0.3 is 0 Å². The van der Waals surface area contributed by atoms with Crippen LogP contribution in [0.15, 0.2) is 42.6 Å². The highest BCUT2D eigenvalue weighted by molar-refractivity contribution is 5.49. The van der Waals surface area contributed by atoms with Crippen LogP contribution in [-0.2, 0) is 11.3 Å². The molecule has 110 valence electrons. The maximum atomic E-state index is 8.98. The predicted molar refractivity (Wildman–Crippen MR) is 79.7 cm³/mol. The van der Waals surface area contributed by atoms with Gasteiger partial charge in [0, 0.05) is 31.0 Å². The lowest BCUT2D eigenvalue weighted by molar-refractivity contribution is 0.122. The lowest BCUT2D eigenvalue weighted by atomic mass is 10.2. The molecule has 5 nitrogen and oxygen atoms in total. The van der Waals surface area contributed by atoms with Crippen LogP contribution in [0.25, 0.3) is 0 Å². The molecule has 2 aromatic rings. The van der Waals surface area contributed by atoms with Crippen molar-refractivity contribution in [2.24, 2.45) is 0 Å². The average Bonchev–Trinajstić information content (AvgIpc) is 2.57. The first kappa shape index (κ1) is 13.9. The molecule has 1 aromatic heterocycles. The molecule has 0 spiro atoms. The average molecular weight is 286 g/mol. The van der Waals surface area contributed by atoms with Gasteiger partial charge in [0.1, 0.15) is 5.75 Å². The van der Waals surface area contributed by atoms with Crippen molar-refractivity contribution in [3.63, 3.8) is 0 Å². The highest BCUT2D eigenvalue weighted by Crippen LogP contribution is 2.24.